The highest BCUT2D eigenvalue weighted by Gasteiger charge is 2.20. The van der Waals surface area contributed by atoms with Crippen LogP contribution < -0.4 is 0 Å². The van der Waals surface area contributed by atoms with Crippen molar-refractivity contribution in [2.24, 2.45) is 0 Å². The summed E-state index contributed by atoms with van der Waals surface area (Å²) in [6.45, 7) is 7.39. The number of benzene rings is 2. The molecule has 2 nitrogen and oxygen atoms in total. The van der Waals surface area contributed by atoms with Gasteiger partial charge in [-0.3, -0.25) is 0 Å². The predicted molar refractivity (Wildman–Crippen MR) is 94.4 cm³/mol. The van der Waals surface area contributed by atoms with Crippen LogP contribution in [0.2, 0.25) is 0 Å². The summed E-state index contributed by atoms with van der Waals surface area (Å²) in [6, 6.07) is 18.8. The van der Waals surface area contributed by atoms with Gasteiger partial charge in [0.2, 0.25) is 0 Å². The van der Waals surface area contributed by atoms with Crippen molar-refractivity contribution in [3.63, 3.8) is 0 Å². The monoisotopic (exact) mass is 306 g/mol. The van der Waals surface area contributed by atoms with Gasteiger partial charge in [0.1, 0.15) is 11.5 Å². The summed E-state index contributed by atoms with van der Waals surface area (Å²) in [4.78, 5) is 0. The van der Waals surface area contributed by atoms with Gasteiger partial charge in [-0.15, -0.1) is 0 Å². The van der Waals surface area contributed by atoms with Crippen LogP contribution in [0.5, 0.6) is 0 Å². The van der Waals surface area contributed by atoms with E-state index in [1.54, 1.807) is 0 Å². The van der Waals surface area contributed by atoms with Gasteiger partial charge in [0, 0.05) is 23.3 Å². The molecule has 1 aromatic heterocycles. The van der Waals surface area contributed by atoms with Crippen LogP contribution in [0.1, 0.15) is 23.8 Å². The second kappa shape index (κ2) is 6.84. The van der Waals surface area contributed by atoms with Crippen LogP contribution >= 0.6 is 0 Å². The van der Waals surface area contributed by atoms with Crippen molar-refractivity contribution >= 4 is 0 Å². The summed E-state index contributed by atoms with van der Waals surface area (Å²) in [6.07, 6.45) is 0. The highest BCUT2D eigenvalue weighted by molar-refractivity contribution is 5.83. The fourth-order valence-corrected chi connectivity index (χ4v) is 2.78. The molecule has 23 heavy (non-hydrogen) atoms. The van der Waals surface area contributed by atoms with E-state index in [2.05, 4.69) is 43.3 Å². The first-order valence-corrected chi connectivity index (χ1v) is 8.03. The Kier molecular flexibility index (Phi) is 4.63. The average molecular weight is 306 g/mol. The Labute approximate surface area is 137 Å². The lowest BCUT2D eigenvalue weighted by molar-refractivity contribution is 0.133. The van der Waals surface area contributed by atoms with Gasteiger partial charge in [0.15, 0.2) is 0 Å². The van der Waals surface area contributed by atoms with E-state index in [9.17, 15) is 0 Å². The molecular weight excluding hydrogens is 284 g/mol. The average Bonchev–Trinajstić information content (AvgIpc) is 2.91. The highest BCUT2D eigenvalue weighted by Crippen LogP contribution is 2.39. The van der Waals surface area contributed by atoms with E-state index in [0.29, 0.717) is 13.2 Å². The molecule has 1 heterocycles. The van der Waals surface area contributed by atoms with Crippen LogP contribution in [0.15, 0.2) is 59.0 Å². The van der Waals surface area contributed by atoms with Crippen molar-refractivity contribution in [2.45, 2.75) is 27.4 Å². The maximum Gasteiger partial charge on any atom is 0.142 e. The van der Waals surface area contributed by atoms with Crippen molar-refractivity contribution in [3.8, 4) is 22.5 Å². The van der Waals surface area contributed by atoms with Gasteiger partial charge in [-0.25, -0.2) is 0 Å². The quantitative estimate of drug-likeness (QED) is 0.597. The van der Waals surface area contributed by atoms with E-state index >= 15 is 0 Å². The molecule has 0 bridgehead atoms. The summed E-state index contributed by atoms with van der Waals surface area (Å²) in [5, 5.41) is 0. The Balaban J connectivity index is 2.18. The van der Waals surface area contributed by atoms with Crippen molar-refractivity contribution in [2.75, 3.05) is 6.61 Å². The summed E-state index contributed by atoms with van der Waals surface area (Å²) in [5.41, 5.74) is 5.79. The molecule has 0 spiro atoms. The molecule has 2 aromatic carbocycles. The van der Waals surface area contributed by atoms with E-state index in [4.69, 9.17) is 9.15 Å². The highest BCUT2D eigenvalue weighted by atomic mass is 16.5. The number of ether oxygens (including phenoxy) is 1. The fraction of sp³-hybridized carbons (Fsp3) is 0.238. The van der Waals surface area contributed by atoms with Crippen molar-refractivity contribution in [1.29, 1.82) is 0 Å². The van der Waals surface area contributed by atoms with Crippen LogP contribution in [0, 0.1) is 13.8 Å². The molecule has 0 aliphatic heterocycles. The molecule has 3 rings (SSSR count). The fourth-order valence-electron chi connectivity index (χ4n) is 2.78. The Morgan fingerprint density at radius 1 is 0.870 bits per heavy atom. The topological polar surface area (TPSA) is 22.4 Å². The lowest BCUT2D eigenvalue weighted by Crippen LogP contribution is -1.95. The van der Waals surface area contributed by atoms with Crippen molar-refractivity contribution in [1.82, 2.24) is 0 Å². The van der Waals surface area contributed by atoms with Crippen molar-refractivity contribution < 1.29 is 9.15 Å². The Morgan fingerprint density at radius 3 is 2.22 bits per heavy atom. The van der Waals surface area contributed by atoms with Crippen LogP contribution in [-0.2, 0) is 11.3 Å². The molecule has 0 unspecified atom stereocenters. The minimum atomic E-state index is 0.571. The standard InChI is InChI=1S/C21H22O2/c1-4-22-14-19-16(3)23-21(18-8-6-5-7-9-18)20(19)17-12-10-15(2)11-13-17/h5-13H,4,14H2,1-3H3. The summed E-state index contributed by atoms with van der Waals surface area (Å²) in [5.74, 6) is 1.84. The zero-order valence-corrected chi connectivity index (χ0v) is 13.9. The van der Waals surface area contributed by atoms with Gasteiger partial charge in [-0.2, -0.15) is 0 Å². The molecule has 118 valence electrons. The third-order valence-corrected chi connectivity index (χ3v) is 4.04. The van der Waals surface area contributed by atoms with Gasteiger partial charge >= 0.3 is 0 Å². The molecular formula is C21H22O2. The van der Waals surface area contributed by atoms with Crippen LogP contribution in [0.4, 0.5) is 0 Å². The zero-order chi connectivity index (χ0) is 16.2. The molecule has 0 radical (unpaired) electrons. The molecule has 0 aliphatic carbocycles. The molecule has 0 atom stereocenters. The Morgan fingerprint density at radius 2 is 1.57 bits per heavy atom. The van der Waals surface area contributed by atoms with E-state index in [0.717, 1.165) is 28.2 Å². The number of furan rings is 1. The Hall–Kier alpha value is -2.32. The van der Waals surface area contributed by atoms with Gasteiger partial charge in [0.25, 0.3) is 0 Å². The van der Waals surface area contributed by atoms with E-state index in [1.807, 2.05) is 32.0 Å². The van der Waals surface area contributed by atoms with E-state index in [1.165, 1.54) is 11.1 Å². The zero-order valence-electron chi connectivity index (χ0n) is 13.9. The molecule has 2 heteroatoms. The smallest absolute Gasteiger partial charge is 0.142 e. The normalized spacial score (nSPS) is 10.9. The molecule has 0 aliphatic rings. The second-order valence-corrected chi connectivity index (χ2v) is 5.71. The number of hydrogen-bond acceptors (Lipinski definition) is 2. The first-order valence-electron chi connectivity index (χ1n) is 8.03. The number of rotatable bonds is 5. The summed E-state index contributed by atoms with van der Waals surface area (Å²) in [7, 11) is 0. The lowest BCUT2D eigenvalue weighted by atomic mass is 9.97. The number of hydrogen-bond donors (Lipinski definition) is 0. The molecule has 0 saturated carbocycles. The van der Waals surface area contributed by atoms with E-state index < -0.39 is 0 Å². The second-order valence-electron chi connectivity index (χ2n) is 5.71. The molecule has 0 fully saturated rings. The van der Waals surface area contributed by atoms with Crippen LogP contribution in [0.25, 0.3) is 22.5 Å². The maximum atomic E-state index is 6.13. The SMILES string of the molecule is CCOCc1c(C)oc(-c2ccccc2)c1-c1ccc(C)cc1. The molecule has 3 aromatic rings. The molecule has 0 saturated heterocycles. The Bertz CT molecular complexity index is 768. The largest absolute Gasteiger partial charge is 0.460 e. The van der Waals surface area contributed by atoms with Gasteiger partial charge in [-0.1, -0.05) is 60.2 Å². The first-order chi connectivity index (χ1) is 11.2. The van der Waals surface area contributed by atoms with Crippen LogP contribution in [0.3, 0.4) is 0 Å². The summed E-state index contributed by atoms with van der Waals surface area (Å²) >= 11 is 0. The lowest BCUT2D eigenvalue weighted by Gasteiger charge is -2.08. The maximum absolute atomic E-state index is 6.13. The minimum absolute atomic E-state index is 0.571. The van der Waals surface area contributed by atoms with Crippen molar-refractivity contribution in [3.05, 3.63) is 71.5 Å². The van der Waals surface area contributed by atoms with Crippen LogP contribution in [-0.4, -0.2) is 6.61 Å². The number of aryl methyl sites for hydroxylation is 2. The first kappa shape index (κ1) is 15.6. The predicted octanol–water partition coefficient (Wildman–Crippen LogP) is 5.77. The summed E-state index contributed by atoms with van der Waals surface area (Å²) < 4.78 is 11.8. The van der Waals surface area contributed by atoms with Gasteiger partial charge in [-0.05, 0) is 26.3 Å². The van der Waals surface area contributed by atoms with Gasteiger partial charge < -0.3 is 9.15 Å². The molecule has 0 amide bonds. The van der Waals surface area contributed by atoms with E-state index in [-0.39, 0.29) is 0 Å². The van der Waals surface area contributed by atoms with Gasteiger partial charge in [0.05, 0.1) is 6.61 Å². The molecule has 0 N–H and O–H groups in total. The third kappa shape index (κ3) is 3.22. The third-order valence-electron chi connectivity index (χ3n) is 4.04. The minimum Gasteiger partial charge on any atom is -0.460 e.